The smallest absolute Gasteiger partial charge is 0.325 e. The first-order valence-corrected chi connectivity index (χ1v) is 9.89. The second-order valence-electron chi connectivity index (χ2n) is 7.29. The van der Waals surface area contributed by atoms with Crippen molar-refractivity contribution in [2.75, 3.05) is 10.6 Å². The van der Waals surface area contributed by atoms with Crippen LogP contribution in [0.5, 0.6) is 0 Å². The minimum atomic E-state index is -5.13. The Labute approximate surface area is 197 Å². The van der Waals surface area contributed by atoms with Gasteiger partial charge in [0.1, 0.15) is 17.0 Å². The second-order valence-corrected chi connectivity index (χ2v) is 7.29. The zero-order valence-corrected chi connectivity index (χ0v) is 18.1. The van der Waals surface area contributed by atoms with Crippen LogP contribution in [0.1, 0.15) is 30.9 Å². The van der Waals surface area contributed by atoms with Crippen LogP contribution < -0.4 is 10.6 Å². The van der Waals surface area contributed by atoms with Crippen molar-refractivity contribution in [2.45, 2.75) is 32.1 Å². The summed E-state index contributed by atoms with van der Waals surface area (Å²) in [5.41, 5.74) is -6.84. The van der Waals surface area contributed by atoms with Gasteiger partial charge in [0.2, 0.25) is 11.8 Å². The third-order valence-electron chi connectivity index (χ3n) is 4.74. The van der Waals surface area contributed by atoms with Crippen molar-refractivity contribution >= 4 is 34.6 Å². The number of carbonyl (C=O) groups excluding carboxylic acids is 2. The van der Waals surface area contributed by atoms with Gasteiger partial charge in [-0.3, -0.25) is 29.8 Å². The van der Waals surface area contributed by atoms with E-state index < -0.39 is 73.8 Å². The highest BCUT2D eigenvalue weighted by Crippen LogP contribution is 2.39. The average Bonchev–Trinajstić information content (AvgIpc) is 2.75. The summed E-state index contributed by atoms with van der Waals surface area (Å²) in [6, 6.07) is 3.29. The van der Waals surface area contributed by atoms with E-state index in [1.165, 1.54) is 0 Å². The van der Waals surface area contributed by atoms with Crippen LogP contribution in [0.2, 0.25) is 0 Å². The average molecular weight is 522 g/mol. The standard InChI is InChI=1S/C20H16F6N4O6/c1-2-3-12(17(31)27-10-4-6-15(29(33)34)13(8-10)19(21,22)23)18(32)28-11-5-7-16(30(35)36)14(9-11)20(24,25)26/h4-9,12H,2-3H2,1H3,(H,27,31)(H,28,32). The van der Waals surface area contributed by atoms with E-state index in [1.54, 1.807) is 6.92 Å². The molecule has 0 radical (unpaired) electrons. The van der Waals surface area contributed by atoms with Gasteiger partial charge < -0.3 is 10.6 Å². The second kappa shape index (κ2) is 10.6. The summed E-state index contributed by atoms with van der Waals surface area (Å²) in [6.07, 6.45) is -10.2. The Hall–Kier alpha value is -4.24. The number of alkyl halides is 6. The lowest BCUT2D eigenvalue weighted by molar-refractivity contribution is -0.388. The topological polar surface area (TPSA) is 144 Å². The maximum Gasteiger partial charge on any atom is 0.423 e. The number of nitrogens with zero attached hydrogens (tertiary/aromatic N) is 2. The van der Waals surface area contributed by atoms with Crippen LogP contribution in [0.15, 0.2) is 36.4 Å². The summed E-state index contributed by atoms with van der Waals surface area (Å²) < 4.78 is 79.0. The number of hydrogen-bond donors (Lipinski definition) is 2. The van der Waals surface area contributed by atoms with Crippen LogP contribution in [0.25, 0.3) is 0 Å². The van der Waals surface area contributed by atoms with Crippen LogP contribution in [-0.2, 0) is 21.9 Å². The van der Waals surface area contributed by atoms with E-state index >= 15 is 0 Å². The maximum absolute atomic E-state index is 13.2. The fourth-order valence-corrected chi connectivity index (χ4v) is 3.13. The Balaban J connectivity index is 2.32. The monoisotopic (exact) mass is 522 g/mol. The SMILES string of the molecule is CCCC(C(=O)Nc1ccc([N+](=O)[O-])c(C(F)(F)F)c1)C(=O)Nc1ccc([N+](=O)[O-])c(C(F)(F)F)c1. The molecule has 0 unspecified atom stereocenters. The van der Waals surface area contributed by atoms with Crippen molar-refractivity contribution in [3.8, 4) is 0 Å². The number of rotatable bonds is 8. The van der Waals surface area contributed by atoms with Gasteiger partial charge in [0.25, 0.3) is 11.4 Å². The van der Waals surface area contributed by atoms with E-state index in [2.05, 4.69) is 0 Å². The van der Waals surface area contributed by atoms with Gasteiger partial charge in [-0.05, 0) is 30.7 Å². The van der Waals surface area contributed by atoms with Crippen molar-refractivity contribution in [1.29, 1.82) is 0 Å². The summed E-state index contributed by atoms with van der Waals surface area (Å²) in [7, 11) is 0. The molecule has 0 saturated carbocycles. The Morgan fingerprint density at radius 3 is 1.44 bits per heavy atom. The van der Waals surface area contributed by atoms with Crippen molar-refractivity contribution in [3.05, 3.63) is 67.8 Å². The van der Waals surface area contributed by atoms with Crippen LogP contribution in [0, 0.1) is 26.1 Å². The Morgan fingerprint density at radius 1 is 0.806 bits per heavy atom. The first-order valence-electron chi connectivity index (χ1n) is 9.89. The van der Waals surface area contributed by atoms with Gasteiger partial charge in [-0.2, -0.15) is 26.3 Å². The van der Waals surface area contributed by atoms with Gasteiger partial charge >= 0.3 is 12.4 Å². The highest BCUT2D eigenvalue weighted by atomic mass is 19.4. The molecule has 0 aliphatic rings. The Kier molecular flexibility index (Phi) is 8.22. The molecule has 0 aliphatic carbocycles. The number of nitro benzene ring substituents is 2. The molecule has 194 valence electrons. The molecule has 2 N–H and O–H groups in total. The largest absolute Gasteiger partial charge is 0.423 e. The lowest BCUT2D eigenvalue weighted by Crippen LogP contribution is -2.34. The van der Waals surface area contributed by atoms with E-state index in [9.17, 15) is 56.2 Å². The van der Waals surface area contributed by atoms with Crippen molar-refractivity contribution in [2.24, 2.45) is 5.92 Å². The van der Waals surface area contributed by atoms with E-state index in [4.69, 9.17) is 0 Å². The molecule has 2 rings (SSSR count). The van der Waals surface area contributed by atoms with Gasteiger partial charge in [0, 0.05) is 23.5 Å². The predicted molar refractivity (Wildman–Crippen MR) is 112 cm³/mol. The highest BCUT2D eigenvalue weighted by molar-refractivity contribution is 6.10. The lowest BCUT2D eigenvalue weighted by Gasteiger charge is -2.17. The summed E-state index contributed by atoms with van der Waals surface area (Å²) in [5.74, 6) is -3.85. The minimum Gasteiger partial charge on any atom is -0.325 e. The molecule has 10 nitrogen and oxygen atoms in total. The number of nitro groups is 2. The molecule has 16 heteroatoms. The number of hydrogen-bond acceptors (Lipinski definition) is 6. The molecular weight excluding hydrogens is 506 g/mol. The molecular formula is C20H16F6N4O6. The number of amides is 2. The highest BCUT2D eigenvalue weighted by Gasteiger charge is 2.40. The number of nitrogens with one attached hydrogen (secondary N) is 2. The lowest BCUT2D eigenvalue weighted by atomic mass is 10.0. The van der Waals surface area contributed by atoms with E-state index in [1.807, 2.05) is 10.6 Å². The molecule has 0 atom stereocenters. The van der Waals surface area contributed by atoms with E-state index in [-0.39, 0.29) is 12.8 Å². The number of anilines is 2. The third kappa shape index (κ3) is 6.67. The minimum absolute atomic E-state index is 0.171. The molecule has 0 heterocycles. The molecule has 2 aromatic rings. The van der Waals surface area contributed by atoms with Crippen LogP contribution in [0.3, 0.4) is 0 Å². The van der Waals surface area contributed by atoms with Gasteiger partial charge in [0.05, 0.1) is 9.85 Å². The molecule has 2 aromatic carbocycles. The van der Waals surface area contributed by atoms with Crippen molar-refractivity contribution in [1.82, 2.24) is 0 Å². The Morgan fingerprint density at radius 2 is 1.17 bits per heavy atom. The molecule has 36 heavy (non-hydrogen) atoms. The van der Waals surface area contributed by atoms with Crippen molar-refractivity contribution < 1.29 is 45.8 Å². The molecule has 0 saturated heterocycles. The maximum atomic E-state index is 13.2. The molecule has 0 fully saturated rings. The van der Waals surface area contributed by atoms with Crippen LogP contribution in [-0.4, -0.2) is 21.7 Å². The first-order chi connectivity index (χ1) is 16.6. The zero-order valence-electron chi connectivity index (χ0n) is 18.1. The molecule has 0 aliphatic heterocycles. The Bertz CT molecular complexity index is 1110. The summed E-state index contributed by atoms with van der Waals surface area (Å²) in [4.78, 5) is 44.4. The van der Waals surface area contributed by atoms with Gasteiger partial charge in [-0.1, -0.05) is 13.3 Å². The van der Waals surface area contributed by atoms with E-state index in [0.29, 0.717) is 24.3 Å². The van der Waals surface area contributed by atoms with Crippen molar-refractivity contribution in [3.63, 3.8) is 0 Å². The molecule has 0 bridgehead atoms. The fourth-order valence-electron chi connectivity index (χ4n) is 3.13. The zero-order chi connectivity index (χ0) is 27.4. The number of carbonyl (C=O) groups is 2. The quantitative estimate of drug-likeness (QED) is 0.202. The van der Waals surface area contributed by atoms with Crippen LogP contribution >= 0.6 is 0 Å². The van der Waals surface area contributed by atoms with Crippen LogP contribution in [0.4, 0.5) is 49.1 Å². The summed E-state index contributed by atoms with van der Waals surface area (Å²) >= 11 is 0. The predicted octanol–water partition coefficient (Wildman–Crippen LogP) is 5.53. The van der Waals surface area contributed by atoms with Gasteiger partial charge in [-0.25, -0.2) is 0 Å². The molecule has 2 amide bonds. The normalized spacial score (nSPS) is 11.8. The third-order valence-corrected chi connectivity index (χ3v) is 4.74. The van der Waals surface area contributed by atoms with Gasteiger partial charge in [0.15, 0.2) is 0 Å². The number of halogens is 6. The summed E-state index contributed by atoms with van der Waals surface area (Å²) in [5, 5.41) is 25.8. The first kappa shape index (κ1) is 28.0. The fraction of sp³-hybridized carbons (Fsp3) is 0.300. The van der Waals surface area contributed by atoms with Gasteiger partial charge in [-0.15, -0.1) is 0 Å². The summed E-state index contributed by atoms with van der Waals surface area (Å²) in [6.45, 7) is 1.55. The van der Waals surface area contributed by atoms with E-state index in [0.717, 1.165) is 12.1 Å². The molecule has 0 aromatic heterocycles. The number of benzene rings is 2. The molecule has 0 spiro atoms.